The maximum Gasteiger partial charge on any atom is 0.257 e. The summed E-state index contributed by atoms with van der Waals surface area (Å²) < 4.78 is 6.01. The summed E-state index contributed by atoms with van der Waals surface area (Å²) in [7, 11) is 0. The molecule has 8 rings (SSSR count). The van der Waals surface area contributed by atoms with E-state index in [9.17, 15) is 24.7 Å². The van der Waals surface area contributed by atoms with Crippen LogP contribution in [0.1, 0.15) is 35.4 Å². The molecule has 4 aromatic carbocycles. The predicted molar refractivity (Wildman–Crippen MR) is 179 cm³/mol. The van der Waals surface area contributed by atoms with Crippen molar-refractivity contribution in [3.63, 3.8) is 0 Å². The molecule has 2 aliphatic carbocycles. The molecule has 4 aromatic rings. The summed E-state index contributed by atoms with van der Waals surface area (Å²) in [6.45, 7) is 0.269. The summed E-state index contributed by atoms with van der Waals surface area (Å²) in [4.78, 5) is 57.5. The Labute approximate surface area is 286 Å². The van der Waals surface area contributed by atoms with Gasteiger partial charge in [-0.25, -0.2) is 4.90 Å². The molecule has 2 N–H and O–H groups in total. The highest BCUT2D eigenvalue weighted by molar-refractivity contribution is 6.32. The zero-order valence-corrected chi connectivity index (χ0v) is 26.9. The number of hydrogen-bond donors (Lipinski definition) is 2. The Morgan fingerprint density at radius 1 is 0.816 bits per heavy atom. The number of phenols is 1. The number of allylic oxidation sites excluding steroid dienone is 2. The molecule has 0 aromatic heterocycles. The molecule has 9 nitrogen and oxygen atoms in total. The van der Waals surface area contributed by atoms with Crippen LogP contribution in [0.3, 0.4) is 0 Å². The van der Waals surface area contributed by atoms with Crippen LogP contribution in [-0.4, -0.2) is 39.0 Å². The maximum absolute atomic E-state index is 15.2. The topological polar surface area (TPSA) is 124 Å². The van der Waals surface area contributed by atoms with Gasteiger partial charge >= 0.3 is 0 Å². The molecule has 49 heavy (non-hydrogen) atoms. The fourth-order valence-corrected chi connectivity index (χ4v) is 8.85. The first kappa shape index (κ1) is 31.0. The summed E-state index contributed by atoms with van der Waals surface area (Å²) in [5.74, 6) is -6.39. The fraction of sp³-hybridized carbons (Fsp3) is 0.231. The van der Waals surface area contributed by atoms with E-state index in [2.05, 4.69) is 0 Å². The zero-order valence-electron chi connectivity index (χ0n) is 26.1. The minimum Gasteiger partial charge on any atom is -0.508 e. The van der Waals surface area contributed by atoms with Gasteiger partial charge in [0.15, 0.2) is 0 Å². The molecular formula is C39H31ClN2O7. The molecule has 2 heterocycles. The number of halogens is 1. The molecule has 0 radical (unpaired) electrons. The van der Waals surface area contributed by atoms with Gasteiger partial charge in [0.2, 0.25) is 11.8 Å². The number of carbonyl (C=O) groups excluding carboxylic acids is 4. The standard InChI is InChI=1S/C39H31ClN2O7/c40-24-12-7-13-25(18-24)41-36(45)31-20-30-27(16-17-29-33(30)37(46)42(48)35(29)44)34(39(31,38(41)47)23-10-5-2-6-11-23)28-15-14-26(19-32(28)43)49-21-22-8-3-1-4-9-22/h1-16,18-19,29-31,33-34,43,48H,17,20-21H2/t29-,30+,31-,33-,34+,39+/m0/s1. The van der Waals surface area contributed by atoms with Gasteiger partial charge in [-0.2, -0.15) is 5.06 Å². The van der Waals surface area contributed by atoms with Crippen LogP contribution in [0.2, 0.25) is 5.02 Å². The summed E-state index contributed by atoms with van der Waals surface area (Å²) in [5, 5.41) is 22.8. The lowest BCUT2D eigenvalue weighted by molar-refractivity contribution is -0.173. The van der Waals surface area contributed by atoms with E-state index in [0.717, 1.165) is 5.56 Å². The lowest BCUT2D eigenvalue weighted by Gasteiger charge is -2.50. The Bertz CT molecular complexity index is 2050. The molecular weight excluding hydrogens is 644 g/mol. The summed E-state index contributed by atoms with van der Waals surface area (Å²) in [6.07, 6.45) is 2.09. The molecule has 1 saturated carbocycles. The Morgan fingerprint density at radius 3 is 2.27 bits per heavy atom. The van der Waals surface area contributed by atoms with Gasteiger partial charge in [-0.15, -0.1) is 0 Å². The van der Waals surface area contributed by atoms with E-state index in [4.69, 9.17) is 16.3 Å². The number of aromatic hydroxyl groups is 1. The van der Waals surface area contributed by atoms with Crippen molar-refractivity contribution in [3.05, 3.63) is 136 Å². The number of benzene rings is 4. The monoisotopic (exact) mass is 674 g/mol. The van der Waals surface area contributed by atoms with Crippen LogP contribution < -0.4 is 9.64 Å². The van der Waals surface area contributed by atoms with E-state index in [1.165, 1.54) is 11.0 Å². The summed E-state index contributed by atoms with van der Waals surface area (Å²) >= 11 is 6.35. The molecule has 2 aliphatic heterocycles. The lowest BCUT2D eigenvalue weighted by atomic mass is 9.49. The first-order valence-corrected chi connectivity index (χ1v) is 16.5. The van der Waals surface area contributed by atoms with Gasteiger partial charge in [0, 0.05) is 22.6 Å². The summed E-state index contributed by atoms with van der Waals surface area (Å²) in [6, 6.07) is 30.1. The first-order chi connectivity index (χ1) is 23.7. The zero-order chi connectivity index (χ0) is 34.0. The van der Waals surface area contributed by atoms with Crippen LogP contribution in [0.25, 0.3) is 0 Å². The Morgan fingerprint density at radius 2 is 1.55 bits per heavy atom. The number of imide groups is 2. The molecule has 0 spiro atoms. The maximum atomic E-state index is 15.2. The van der Waals surface area contributed by atoms with Crippen LogP contribution in [0.5, 0.6) is 11.5 Å². The number of rotatable bonds is 6. The third kappa shape index (κ3) is 4.64. The van der Waals surface area contributed by atoms with Crippen LogP contribution in [-0.2, 0) is 31.2 Å². The van der Waals surface area contributed by atoms with Crippen molar-refractivity contribution >= 4 is 40.9 Å². The normalized spacial score (nSPS) is 27.5. The van der Waals surface area contributed by atoms with E-state index in [0.29, 0.717) is 33.2 Å². The fourth-order valence-electron chi connectivity index (χ4n) is 8.67. The Hall–Kier alpha value is -5.25. The number of nitrogens with zero attached hydrogens (tertiary/aromatic N) is 2. The van der Waals surface area contributed by atoms with Gasteiger partial charge < -0.3 is 9.84 Å². The minimum atomic E-state index is -1.54. The van der Waals surface area contributed by atoms with Crippen molar-refractivity contribution in [2.75, 3.05) is 4.90 Å². The van der Waals surface area contributed by atoms with E-state index < -0.39 is 58.6 Å². The second-order valence-electron chi connectivity index (χ2n) is 13.1. The Balaban J connectivity index is 1.33. The molecule has 6 atom stereocenters. The van der Waals surface area contributed by atoms with Crippen molar-refractivity contribution in [2.24, 2.45) is 23.7 Å². The number of anilines is 1. The number of phenolic OH excluding ortho intramolecular Hbond substituents is 1. The van der Waals surface area contributed by atoms with E-state index in [-0.39, 0.29) is 30.3 Å². The number of hydroxylamine groups is 2. The molecule has 2 saturated heterocycles. The summed E-state index contributed by atoms with van der Waals surface area (Å²) in [5.41, 5.74) is 1.34. The second kappa shape index (κ2) is 11.7. The lowest BCUT2D eigenvalue weighted by Crippen LogP contribution is -2.53. The highest BCUT2D eigenvalue weighted by atomic mass is 35.5. The van der Waals surface area contributed by atoms with E-state index >= 15 is 4.79 Å². The molecule has 4 amide bonds. The third-order valence-electron chi connectivity index (χ3n) is 10.7. The van der Waals surface area contributed by atoms with Crippen LogP contribution in [0, 0.1) is 23.7 Å². The van der Waals surface area contributed by atoms with Crippen molar-refractivity contribution < 1.29 is 34.2 Å². The Kier molecular flexibility index (Phi) is 7.42. The second-order valence-corrected chi connectivity index (χ2v) is 13.5. The van der Waals surface area contributed by atoms with Gasteiger partial charge in [0.25, 0.3) is 11.8 Å². The van der Waals surface area contributed by atoms with Gasteiger partial charge in [-0.3, -0.25) is 24.4 Å². The number of hydrogen-bond acceptors (Lipinski definition) is 7. The van der Waals surface area contributed by atoms with Crippen LogP contribution >= 0.6 is 11.6 Å². The van der Waals surface area contributed by atoms with Crippen molar-refractivity contribution in [1.29, 1.82) is 0 Å². The molecule has 3 fully saturated rings. The average molecular weight is 675 g/mol. The smallest absolute Gasteiger partial charge is 0.257 e. The number of fused-ring (bicyclic) bond motifs is 4. The van der Waals surface area contributed by atoms with Gasteiger partial charge in [-0.05, 0) is 54.2 Å². The van der Waals surface area contributed by atoms with E-state index in [1.807, 2.05) is 54.6 Å². The van der Waals surface area contributed by atoms with Crippen LogP contribution in [0.15, 0.2) is 115 Å². The molecule has 0 unspecified atom stereocenters. The third-order valence-corrected chi connectivity index (χ3v) is 10.9. The van der Waals surface area contributed by atoms with Crippen molar-refractivity contribution in [3.8, 4) is 11.5 Å². The van der Waals surface area contributed by atoms with E-state index in [1.54, 1.807) is 48.5 Å². The molecule has 0 bridgehead atoms. The number of ether oxygens (including phenoxy) is 1. The minimum absolute atomic E-state index is 0.0753. The largest absolute Gasteiger partial charge is 0.508 e. The van der Waals surface area contributed by atoms with Gasteiger partial charge in [-0.1, -0.05) is 96.0 Å². The van der Waals surface area contributed by atoms with Crippen LogP contribution in [0.4, 0.5) is 5.69 Å². The van der Waals surface area contributed by atoms with Gasteiger partial charge in [0.05, 0.1) is 28.9 Å². The highest BCUT2D eigenvalue weighted by Gasteiger charge is 2.70. The average Bonchev–Trinajstić information content (AvgIpc) is 3.48. The van der Waals surface area contributed by atoms with Gasteiger partial charge in [0.1, 0.15) is 18.1 Å². The number of amides is 4. The van der Waals surface area contributed by atoms with Crippen molar-refractivity contribution in [2.45, 2.75) is 30.8 Å². The molecule has 4 aliphatic rings. The molecule has 246 valence electrons. The van der Waals surface area contributed by atoms with Crippen molar-refractivity contribution in [1.82, 2.24) is 5.06 Å². The number of carbonyl (C=O) groups is 4. The quantitative estimate of drug-likeness (QED) is 0.142. The first-order valence-electron chi connectivity index (χ1n) is 16.2. The predicted octanol–water partition coefficient (Wildman–Crippen LogP) is 6.18. The SMILES string of the molecule is O=C1[C@H]2[C@H](CC=C3[C@H]2C[C@H]2C(=O)N(c4cccc(Cl)c4)C(=O)[C@@]2(c2ccccc2)[C@H]3c2ccc(OCc3ccccc3)cc2O)C(=O)N1O. The highest BCUT2D eigenvalue weighted by Crippen LogP contribution is 2.65. The molecule has 10 heteroatoms.